The average Bonchev–Trinajstić information content (AvgIpc) is 2.83. The number of amides is 1. The number of aryl methyl sites for hydroxylation is 1. The maximum atomic E-state index is 12.0. The van der Waals surface area contributed by atoms with Gasteiger partial charge in [0, 0.05) is 19.2 Å². The van der Waals surface area contributed by atoms with E-state index in [1.54, 1.807) is 6.92 Å². The predicted molar refractivity (Wildman–Crippen MR) is 68.1 cm³/mol. The molecular formula is C10H16N4O5S. The van der Waals surface area contributed by atoms with Gasteiger partial charge >= 0.3 is 5.97 Å². The van der Waals surface area contributed by atoms with E-state index in [-0.39, 0.29) is 17.9 Å². The fraction of sp³-hybridized carbons (Fsp3) is 0.500. The SMILES string of the molecule is CCn1cnc(S(=O)(=O)NC(CCC(N)=O)C(=O)O)c1. The first-order valence-corrected chi connectivity index (χ1v) is 7.29. The number of nitrogens with two attached hydrogens (primary N) is 1. The fourth-order valence-electron chi connectivity index (χ4n) is 1.42. The number of hydrogen-bond acceptors (Lipinski definition) is 5. The first-order valence-electron chi connectivity index (χ1n) is 5.81. The van der Waals surface area contributed by atoms with Gasteiger partial charge in [0.25, 0.3) is 10.0 Å². The van der Waals surface area contributed by atoms with Crippen LogP contribution in [0.4, 0.5) is 0 Å². The minimum Gasteiger partial charge on any atom is -0.480 e. The van der Waals surface area contributed by atoms with Gasteiger partial charge in [0.15, 0.2) is 5.03 Å². The molecule has 0 saturated carbocycles. The number of carbonyl (C=O) groups is 2. The van der Waals surface area contributed by atoms with E-state index < -0.39 is 27.9 Å². The van der Waals surface area contributed by atoms with Gasteiger partial charge in [-0.15, -0.1) is 0 Å². The summed E-state index contributed by atoms with van der Waals surface area (Å²) in [6, 6.07) is -1.43. The molecule has 0 saturated heterocycles. The Bertz CT molecular complexity index is 595. The van der Waals surface area contributed by atoms with E-state index in [0.29, 0.717) is 6.54 Å². The fourth-order valence-corrected chi connectivity index (χ4v) is 2.59. The van der Waals surface area contributed by atoms with Crippen LogP contribution in [-0.4, -0.2) is 41.0 Å². The Morgan fingerprint density at radius 3 is 2.65 bits per heavy atom. The van der Waals surface area contributed by atoms with E-state index >= 15 is 0 Å². The molecule has 1 aromatic heterocycles. The van der Waals surface area contributed by atoms with Gasteiger partial charge in [0.2, 0.25) is 5.91 Å². The molecule has 0 aliphatic carbocycles. The number of sulfonamides is 1. The Labute approximate surface area is 115 Å². The summed E-state index contributed by atoms with van der Waals surface area (Å²) in [5.74, 6) is -2.09. The zero-order valence-corrected chi connectivity index (χ0v) is 11.6. The molecule has 0 fully saturated rings. The summed E-state index contributed by atoms with van der Waals surface area (Å²) in [4.78, 5) is 25.3. The van der Waals surface area contributed by atoms with Crippen LogP contribution in [0, 0.1) is 0 Å². The van der Waals surface area contributed by atoms with Crippen molar-refractivity contribution in [2.24, 2.45) is 5.73 Å². The molecule has 1 atom stereocenters. The number of nitrogens with one attached hydrogen (secondary N) is 1. The summed E-state index contributed by atoms with van der Waals surface area (Å²) in [6.07, 6.45) is 2.16. The first kappa shape index (κ1) is 16.1. The van der Waals surface area contributed by atoms with Crippen molar-refractivity contribution in [3.8, 4) is 0 Å². The molecule has 1 aromatic rings. The molecule has 20 heavy (non-hydrogen) atoms. The van der Waals surface area contributed by atoms with Crippen LogP contribution in [0.25, 0.3) is 0 Å². The quantitative estimate of drug-likeness (QED) is 0.556. The highest BCUT2D eigenvalue weighted by Gasteiger charge is 2.27. The van der Waals surface area contributed by atoms with E-state index in [1.807, 2.05) is 4.72 Å². The molecule has 1 rings (SSSR count). The van der Waals surface area contributed by atoms with Crippen LogP contribution in [0.1, 0.15) is 19.8 Å². The lowest BCUT2D eigenvalue weighted by Gasteiger charge is -2.12. The number of aliphatic carboxylic acids is 1. The summed E-state index contributed by atoms with van der Waals surface area (Å²) in [5.41, 5.74) is 4.91. The van der Waals surface area contributed by atoms with Crippen molar-refractivity contribution < 1.29 is 23.1 Å². The number of imidazole rings is 1. The summed E-state index contributed by atoms with van der Waals surface area (Å²) in [7, 11) is -4.06. The number of rotatable bonds is 8. The molecule has 10 heteroatoms. The number of carboxylic acid groups (broad SMARTS) is 1. The predicted octanol–water partition coefficient (Wildman–Crippen LogP) is -1.10. The van der Waals surface area contributed by atoms with Crippen molar-refractivity contribution in [2.75, 3.05) is 0 Å². The van der Waals surface area contributed by atoms with Crippen molar-refractivity contribution in [3.63, 3.8) is 0 Å². The average molecular weight is 304 g/mol. The highest BCUT2D eigenvalue weighted by Crippen LogP contribution is 2.08. The highest BCUT2D eigenvalue weighted by atomic mass is 32.2. The van der Waals surface area contributed by atoms with E-state index in [1.165, 1.54) is 17.1 Å². The van der Waals surface area contributed by atoms with Crippen LogP contribution in [0.3, 0.4) is 0 Å². The number of nitrogens with zero attached hydrogens (tertiary/aromatic N) is 2. The third-order valence-electron chi connectivity index (χ3n) is 2.52. The minimum absolute atomic E-state index is 0.224. The van der Waals surface area contributed by atoms with Gasteiger partial charge in [0.1, 0.15) is 6.04 Å². The van der Waals surface area contributed by atoms with Crippen LogP contribution in [-0.2, 0) is 26.2 Å². The third-order valence-corrected chi connectivity index (χ3v) is 3.88. The lowest BCUT2D eigenvalue weighted by Crippen LogP contribution is -2.41. The Balaban J connectivity index is 2.85. The van der Waals surface area contributed by atoms with Crippen molar-refractivity contribution >= 4 is 21.9 Å². The largest absolute Gasteiger partial charge is 0.480 e. The molecule has 4 N–H and O–H groups in total. The number of carboxylic acids is 1. The molecule has 9 nitrogen and oxygen atoms in total. The lowest BCUT2D eigenvalue weighted by atomic mass is 10.2. The van der Waals surface area contributed by atoms with Crippen LogP contribution in [0.2, 0.25) is 0 Å². The maximum absolute atomic E-state index is 12.0. The minimum atomic E-state index is -4.06. The van der Waals surface area contributed by atoms with Gasteiger partial charge in [-0.2, -0.15) is 4.72 Å². The number of primary amides is 1. The zero-order chi connectivity index (χ0) is 15.3. The van der Waals surface area contributed by atoms with Gasteiger partial charge in [-0.3, -0.25) is 9.59 Å². The number of aromatic nitrogens is 2. The second-order valence-electron chi connectivity index (χ2n) is 4.06. The van der Waals surface area contributed by atoms with Gasteiger partial charge < -0.3 is 15.4 Å². The molecule has 1 amide bonds. The van der Waals surface area contributed by atoms with Crippen molar-refractivity contribution in [1.82, 2.24) is 14.3 Å². The van der Waals surface area contributed by atoms with Crippen LogP contribution in [0.5, 0.6) is 0 Å². The lowest BCUT2D eigenvalue weighted by molar-refractivity contribution is -0.139. The van der Waals surface area contributed by atoms with Crippen LogP contribution >= 0.6 is 0 Å². The summed E-state index contributed by atoms with van der Waals surface area (Å²) >= 11 is 0. The van der Waals surface area contributed by atoms with Gasteiger partial charge in [-0.05, 0) is 13.3 Å². The Hall–Kier alpha value is -1.94. The Morgan fingerprint density at radius 1 is 1.55 bits per heavy atom. The van der Waals surface area contributed by atoms with Crippen LogP contribution in [0.15, 0.2) is 17.6 Å². The van der Waals surface area contributed by atoms with E-state index in [2.05, 4.69) is 4.98 Å². The Morgan fingerprint density at radius 2 is 2.20 bits per heavy atom. The Kier molecular flexibility index (Phi) is 5.22. The summed E-state index contributed by atoms with van der Waals surface area (Å²) < 4.78 is 27.4. The summed E-state index contributed by atoms with van der Waals surface area (Å²) in [5, 5.41) is 8.67. The van der Waals surface area contributed by atoms with E-state index in [0.717, 1.165) is 0 Å². The van der Waals surface area contributed by atoms with Crippen molar-refractivity contribution in [1.29, 1.82) is 0 Å². The molecule has 1 heterocycles. The van der Waals surface area contributed by atoms with E-state index in [9.17, 15) is 18.0 Å². The highest BCUT2D eigenvalue weighted by molar-refractivity contribution is 7.89. The van der Waals surface area contributed by atoms with Crippen molar-refractivity contribution in [2.45, 2.75) is 37.4 Å². The third kappa shape index (κ3) is 4.31. The monoisotopic (exact) mass is 304 g/mol. The standard InChI is InChI=1S/C10H16N4O5S/c1-2-14-5-9(12-6-14)20(18,19)13-7(10(16)17)3-4-8(11)15/h5-7,13H,2-4H2,1H3,(H2,11,15)(H,16,17). The second-order valence-corrected chi connectivity index (χ2v) is 5.72. The van der Waals surface area contributed by atoms with E-state index in [4.69, 9.17) is 10.8 Å². The molecule has 1 unspecified atom stereocenters. The van der Waals surface area contributed by atoms with Gasteiger partial charge in [-0.1, -0.05) is 0 Å². The zero-order valence-electron chi connectivity index (χ0n) is 10.8. The first-order chi connectivity index (χ1) is 9.26. The van der Waals surface area contributed by atoms with Gasteiger partial charge in [-0.25, -0.2) is 13.4 Å². The molecule has 0 bridgehead atoms. The molecule has 0 spiro atoms. The molecule has 0 aromatic carbocycles. The second kappa shape index (κ2) is 6.48. The summed E-state index contributed by atoms with van der Waals surface area (Å²) in [6.45, 7) is 2.34. The number of carbonyl (C=O) groups excluding carboxylic acids is 1. The normalized spacial score (nSPS) is 13.1. The van der Waals surface area contributed by atoms with Crippen molar-refractivity contribution in [3.05, 3.63) is 12.5 Å². The van der Waals surface area contributed by atoms with Crippen LogP contribution < -0.4 is 10.5 Å². The number of hydrogen-bond donors (Lipinski definition) is 3. The molecule has 0 aliphatic rings. The molecule has 112 valence electrons. The van der Waals surface area contributed by atoms with Gasteiger partial charge in [0.05, 0.1) is 6.33 Å². The topological polar surface area (TPSA) is 144 Å². The molecule has 0 radical (unpaired) electrons. The maximum Gasteiger partial charge on any atom is 0.321 e. The molecular weight excluding hydrogens is 288 g/mol. The smallest absolute Gasteiger partial charge is 0.321 e. The molecule has 0 aliphatic heterocycles.